The second-order valence-corrected chi connectivity index (χ2v) is 3.26. The normalized spacial score (nSPS) is 13.5. The number of aliphatic carboxylic acids is 1. The van der Waals surface area contributed by atoms with E-state index < -0.39 is 23.8 Å². The standard InChI is InChI=1S/C10H9F3O3/c11-10(12,13)7-3-1-2-6(4-7)5-8(14)9(15)16/h1-4,8,14H,5H2,(H,15,16)/t8-/m0/s1. The van der Waals surface area contributed by atoms with Gasteiger partial charge in [0.25, 0.3) is 0 Å². The van der Waals surface area contributed by atoms with Gasteiger partial charge < -0.3 is 10.2 Å². The Morgan fingerprint density at radius 2 is 2.00 bits per heavy atom. The van der Waals surface area contributed by atoms with Crippen molar-refractivity contribution in [1.82, 2.24) is 0 Å². The van der Waals surface area contributed by atoms with Crippen LogP contribution in [-0.2, 0) is 17.4 Å². The maximum Gasteiger partial charge on any atom is 0.416 e. The average Bonchev–Trinajstić information content (AvgIpc) is 2.16. The van der Waals surface area contributed by atoms with Crippen molar-refractivity contribution in [1.29, 1.82) is 0 Å². The first-order chi connectivity index (χ1) is 7.30. The molecule has 6 heteroatoms. The summed E-state index contributed by atoms with van der Waals surface area (Å²) in [7, 11) is 0. The highest BCUT2D eigenvalue weighted by atomic mass is 19.4. The molecule has 0 unspecified atom stereocenters. The van der Waals surface area contributed by atoms with Gasteiger partial charge >= 0.3 is 12.1 Å². The van der Waals surface area contributed by atoms with E-state index in [2.05, 4.69) is 0 Å². The Labute approximate surface area is 89.1 Å². The summed E-state index contributed by atoms with van der Waals surface area (Å²) in [4.78, 5) is 10.3. The van der Waals surface area contributed by atoms with E-state index in [9.17, 15) is 18.0 Å². The lowest BCUT2D eigenvalue weighted by atomic mass is 10.0. The number of hydrogen-bond donors (Lipinski definition) is 2. The number of alkyl halides is 3. The maximum absolute atomic E-state index is 12.3. The molecule has 0 fully saturated rings. The molecule has 0 aromatic heterocycles. The lowest BCUT2D eigenvalue weighted by Crippen LogP contribution is -2.22. The van der Waals surface area contributed by atoms with Gasteiger partial charge in [0.1, 0.15) is 0 Å². The molecule has 88 valence electrons. The van der Waals surface area contributed by atoms with Crippen LogP contribution >= 0.6 is 0 Å². The van der Waals surface area contributed by atoms with Crippen molar-refractivity contribution >= 4 is 5.97 Å². The van der Waals surface area contributed by atoms with Crippen molar-refractivity contribution in [2.45, 2.75) is 18.7 Å². The number of halogens is 3. The van der Waals surface area contributed by atoms with Gasteiger partial charge in [0.2, 0.25) is 0 Å². The predicted molar refractivity (Wildman–Crippen MR) is 48.8 cm³/mol. The number of rotatable bonds is 3. The van der Waals surface area contributed by atoms with Crippen LogP contribution in [0, 0.1) is 0 Å². The first-order valence-corrected chi connectivity index (χ1v) is 4.37. The first kappa shape index (κ1) is 12.5. The summed E-state index contributed by atoms with van der Waals surface area (Å²) in [6.45, 7) is 0. The molecule has 0 bridgehead atoms. The number of hydrogen-bond acceptors (Lipinski definition) is 2. The van der Waals surface area contributed by atoms with E-state index in [4.69, 9.17) is 10.2 Å². The summed E-state index contributed by atoms with van der Waals surface area (Å²) >= 11 is 0. The molecule has 0 amide bonds. The fourth-order valence-corrected chi connectivity index (χ4v) is 1.19. The highest BCUT2D eigenvalue weighted by molar-refractivity contribution is 5.72. The van der Waals surface area contributed by atoms with Crippen LogP contribution in [0.25, 0.3) is 0 Å². The molecular weight excluding hydrogens is 225 g/mol. The van der Waals surface area contributed by atoms with Gasteiger partial charge in [-0.3, -0.25) is 0 Å². The van der Waals surface area contributed by atoms with E-state index in [-0.39, 0.29) is 12.0 Å². The van der Waals surface area contributed by atoms with Crippen molar-refractivity contribution in [3.8, 4) is 0 Å². The Balaban J connectivity index is 2.87. The molecule has 1 rings (SSSR count). The minimum Gasteiger partial charge on any atom is -0.479 e. The zero-order valence-electron chi connectivity index (χ0n) is 8.03. The second-order valence-electron chi connectivity index (χ2n) is 3.26. The summed E-state index contributed by atoms with van der Waals surface area (Å²) in [5.41, 5.74) is -0.729. The van der Waals surface area contributed by atoms with Crippen LogP contribution in [0.5, 0.6) is 0 Å². The van der Waals surface area contributed by atoms with E-state index >= 15 is 0 Å². The number of aliphatic hydroxyl groups is 1. The number of carbonyl (C=O) groups is 1. The Hall–Kier alpha value is -1.56. The molecule has 0 saturated carbocycles. The fraction of sp³-hybridized carbons (Fsp3) is 0.300. The van der Waals surface area contributed by atoms with Crippen LogP contribution < -0.4 is 0 Å². The zero-order chi connectivity index (χ0) is 12.3. The summed E-state index contributed by atoms with van der Waals surface area (Å²) in [5.74, 6) is -1.46. The second kappa shape index (κ2) is 4.52. The molecule has 1 aromatic carbocycles. The molecule has 2 N–H and O–H groups in total. The number of carboxylic acids is 1. The molecule has 0 saturated heterocycles. The van der Waals surface area contributed by atoms with Crippen molar-refractivity contribution in [2.75, 3.05) is 0 Å². The first-order valence-electron chi connectivity index (χ1n) is 4.37. The van der Waals surface area contributed by atoms with Crippen molar-refractivity contribution in [3.63, 3.8) is 0 Å². The molecule has 0 aliphatic carbocycles. The van der Waals surface area contributed by atoms with E-state index in [1.165, 1.54) is 12.1 Å². The molecule has 0 spiro atoms. The smallest absolute Gasteiger partial charge is 0.416 e. The quantitative estimate of drug-likeness (QED) is 0.836. The molecule has 3 nitrogen and oxygen atoms in total. The highest BCUT2D eigenvalue weighted by Gasteiger charge is 2.30. The molecule has 0 aliphatic rings. The molecule has 0 heterocycles. The Morgan fingerprint density at radius 1 is 1.38 bits per heavy atom. The van der Waals surface area contributed by atoms with Gasteiger partial charge in [0, 0.05) is 6.42 Å². The maximum atomic E-state index is 12.3. The summed E-state index contributed by atoms with van der Waals surface area (Å²) in [6, 6.07) is 4.22. The number of carboxylic acid groups (broad SMARTS) is 1. The minimum atomic E-state index is -4.47. The minimum absolute atomic E-state index is 0.129. The van der Waals surface area contributed by atoms with Crippen molar-refractivity contribution in [3.05, 3.63) is 35.4 Å². The van der Waals surface area contributed by atoms with Crippen LogP contribution in [0.2, 0.25) is 0 Å². The predicted octanol–water partition coefficient (Wildman–Crippen LogP) is 1.69. The van der Waals surface area contributed by atoms with Crippen LogP contribution in [0.1, 0.15) is 11.1 Å². The molecule has 0 aliphatic heterocycles. The van der Waals surface area contributed by atoms with Crippen LogP contribution in [0.4, 0.5) is 13.2 Å². The van der Waals surface area contributed by atoms with Crippen LogP contribution in [0.15, 0.2) is 24.3 Å². The van der Waals surface area contributed by atoms with E-state index in [0.29, 0.717) is 0 Å². The van der Waals surface area contributed by atoms with Gasteiger partial charge in [0.15, 0.2) is 6.10 Å². The highest BCUT2D eigenvalue weighted by Crippen LogP contribution is 2.29. The molecule has 1 atom stereocenters. The van der Waals surface area contributed by atoms with Gasteiger partial charge in [-0.05, 0) is 11.6 Å². The fourth-order valence-electron chi connectivity index (χ4n) is 1.19. The molecule has 16 heavy (non-hydrogen) atoms. The third-order valence-electron chi connectivity index (χ3n) is 1.97. The summed E-state index contributed by atoms with van der Waals surface area (Å²) in [6.07, 6.45) is -6.51. The third-order valence-corrected chi connectivity index (χ3v) is 1.97. The third kappa shape index (κ3) is 3.23. The lowest BCUT2D eigenvalue weighted by molar-refractivity contribution is -0.146. The summed E-state index contributed by atoms with van der Waals surface area (Å²) in [5, 5.41) is 17.4. The Kier molecular flexibility index (Phi) is 3.54. The zero-order valence-corrected chi connectivity index (χ0v) is 8.03. The van der Waals surface area contributed by atoms with Crippen LogP contribution in [0.3, 0.4) is 0 Å². The van der Waals surface area contributed by atoms with Crippen molar-refractivity contribution < 1.29 is 28.2 Å². The SMILES string of the molecule is O=C(O)[C@@H](O)Cc1cccc(C(F)(F)F)c1. The molecule has 1 aromatic rings. The topological polar surface area (TPSA) is 57.5 Å². The van der Waals surface area contributed by atoms with E-state index in [1.54, 1.807) is 0 Å². The Morgan fingerprint density at radius 3 is 2.50 bits per heavy atom. The van der Waals surface area contributed by atoms with Gasteiger partial charge in [-0.25, -0.2) is 4.79 Å². The average molecular weight is 234 g/mol. The van der Waals surface area contributed by atoms with Gasteiger partial charge in [-0.2, -0.15) is 13.2 Å². The largest absolute Gasteiger partial charge is 0.479 e. The number of benzene rings is 1. The van der Waals surface area contributed by atoms with Gasteiger partial charge in [-0.1, -0.05) is 18.2 Å². The van der Waals surface area contributed by atoms with E-state index in [0.717, 1.165) is 12.1 Å². The van der Waals surface area contributed by atoms with Crippen molar-refractivity contribution in [2.24, 2.45) is 0 Å². The van der Waals surface area contributed by atoms with Gasteiger partial charge in [-0.15, -0.1) is 0 Å². The Bertz CT molecular complexity index is 387. The molecule has 0 radical (unpaired) electrons. The number of aliphatic hydroxyl groups excluding tert-OH is 1. The molecular formula is C10H9F3O3. The van der Waals surface area contributed by atoms with E-state index in [1.807, 2.05) is 0 Å². The monoisotopic (exact) mass is 234 g/mol. The van der Waals surface area contributed by atoms with Gasteiger partial charge in [0.05, 0.1) is 5.56 Å². The van der Waals surface area contributed by atoms with Crippen LogP contribution in [-0.4, -0.2) is 22.3 Å². The summed E-state index contributed by atoms with van der Waals surface area (Å²) < 4.78 is 36.9. The lowest BCUT2D eigenvalue weighted by Gasteiger charge is -2.09.